The smallest absolute Gasteiger partial charge is 0.125 e. The van der Waals surface area contributed by atoms with Crippen LogP contribution in [0.3, 0.4) is 0 Å². The van der Waals surface area contributed by atoms with E-state index in [-0.39, 0.29) is 0 Å². The van der Waals surface area contributed by atoms with Crippen LogP contribution in [-0.4, -0.2) is 31.6 Å². The maximum Gasteiger partial charge on any atom is 0.125 e. The number of aryl methyl sites for hydroxylation is 1. The van der Waals surface area contributed by atoms with E-state index in [2.05, 4.69) is 25.1 Å². The zero-order valence-electron chi connectivity index (χ0n) is 10.5. The number of aromatic nitrogens is 4. The zero-order chi connectivity index (χ0) is 12.4. The van der Waals surface area contributed by atoms with E-state index in [9.17, 15) is 0 Å². The lowest BCUT2D eigenvalue weighted by Gasteiger charge is -2.23. The molecule has 1 atom stereocenters. The van der Waals surface area contributed by atoms with Crippen LogP contribution in [0.5, 0.6) is 0 Å². The normalized spacial score (nSPS) is 20.4. The van der Waals surface area contributed by atoms with Crippen LogP contribution in [-0.2, 0) is 6.54 Å². The highest BCUT2D eigenvalue weighted by Gasteiger charge is 2.27. The van der Waals surface area contributed by atoms with Crippen molar-refractivity contribution in [1.29, 1.82) is 0 Å². The Labute approximate surface area is 106 Å². The maximum absolute atomic E-state index is 4.56. The molecule has 0 radical (unpaired) electrons. The molecule has 1 aliphatic rings. The molecular weight excluding hydrogens is 226 g/mol. The topological polar surface area (TPSA) is 57.7 Å². The molecule has 0 bridgehead atoms. The summed E-state index contributed by atoms with van der Waals surface area (Å²) in [5.41, 5.74) is 2.30. The molecule has 1 fully saturated rings. The van der Waals surface area contributed by atoms with Crippen LogP contribution in [0.15, 0.2) is 24.5 Å². The largest absolute Gasteiger partial charge is 0.289 e. The average molecular weight is 243 g/mol. The Hall–Kier alpha value is -1.75. The zero-order valence-corrected chi connectivity index (χ0v) is 10.5. The van der Waals surface area contributed by atoms with Gasteiger partial charge in [-0.25, -0.2) is 9.97 Å². The molecule has 3 rings (SSSR count). The lowest BCUT2D eigenvalue weighted by Crippen LogP contribution is -2.23. The number of aromatic amines is 1. The summed E-state index contributed by atoms with van der Waals surface area (Å²) in [6.07, 6.45) is 6.05. The Morgan fingerprint density at radius 3 is 3.11 bits per heavy atom. The Morgan fingerprint density at radius 2 is 2.33 bits per heavy atom. The monoisotopic (exact) mass is 243 g/mol. The lowest BCUT2D eigenvalue weighted by molar-refractivity contribution is 0.241. The molecule has 1 N–H and O–H groups in total. The van der Waals surface area contributed by atoms with E-state index < -0.39 is 0 Å². The number of nitrogens with one attached hydrogen (secondary N) is 1. The van der Waals surface area contributed by atoms with E-state index in [4.69, 9.17) is 0 Å². The number of rotatable bonds is 3. The molecule has 3 heterocycles. The van der Waals surface area contributed by atoms with Crippen molar-refractivity contribution in [3.63, 3.8) is 0 Å². The second kappa shape index (κ2) is 4.86. The highest BCUT2D eigenvalue weighted by atomic mass is 15.2. The van der Waals surface area contributed by atoms with Gasteiger partial charge in [-0.05, 0) is 38.4 Å². The second-order valence-corrected chi connectivity index (χ2v) is 4.74. The summed E-state index contributed by atoms with van der Waals surface area (Å²) in [7, 11) is 0. The van der Waals surface area contributed by atoms with E-state index in [0.29, 0.717) is 6.04 Å². The van der Waals surface area contributed by atoms with Crippen molar-refractivity contribution >= 4 is 0 Å². The predicted molar refractivity (Wildman–Crippen MR) is 67.7 cm³/mol. The summed E-state index contributed by atoms with van der Waals surface area (Å²) in [4.78, 5) is 11.2. The van der Waals surface area contributed by atoms with Gasteiger partial charge in [0.2, 0.25) is 0 Å². The van der Waals surface area contributed by atoms with Crippen LogP contribution in [0, 0.1) is 6.92 Å². The third kappa shape index (κ3) is 2.26. The third-order valence-electron chi connectivity index (χ3n) is 3.43. The number of hydrogen-bond acceptors (Lipinski definition) is 4. The van der Waals surface area contributed by atoms with Crippen molar-refractivity contribution in [3.05, 3.63) is 41.7 Å². The summed E-state index contributed by atoms with van der Waals surface area (Å²) in [6, 6.07) is 4.47. The highest BCUT2D eigenvalue weighted by molar-refractivity contribution is 5.10. The first-order chi connectivity index (χ1) is 8.83. The van der Waals surface area contributed by atoms with Crippen molar-refractivity contribution in [2.45, 2.75) is 32.4 Å². The summed E-state index contributed by atoms with van der Waals surface area (Å²) < 4.78 is 0. The van der Waals surface area contributed by atoms with Gasteiger partial charge >= 0.3 is 0 Å². The number of nitrogens with zero attached hydrogens (tertiary/aromatic N) is 4. The highest BCUT2D eigenvalue weighted by Crippen LogP contribution is 2.31. The van der Waals surface area contributed by atoms with Crippen molar-refractivity contribution < 1.29 is 0 Å². The number of H-pyrrole nitrogens is 1. The second-order valence-electron chi connectivity index (χ2n) is 4.74. The van der Waals surface area contributed by atoms with Crippen molar-refractivity contribution in [3.8, 4) is 0 Å². The van der Waals surface area contributed by atoms with Gasteiger partial charge in [-0.3, -0.25) is 10.00 Å². The molecule has 5 heteroatoms. The molecule has 0 spiro atoms. The lowest BCUT2D eigenvalue weighted by atomic mass is 10.1. The fourth-order valence-corrected chi connectivity index (χ4v) is 2.60. The van der Waals surface area contributed by atoms with Gasteiger partial charge in [-0.2, -0.15) is 5.10 Å². The predicted octanol–water partition coefficient (Wildman–Crippen LogP) is 1.85. The average Bonchev–Trinajstić information content (AvgIpc) is 3.01. The van der Waals surface area contributed by atoms with Crippen LogP contribution in [0.2, 0.25) is 0 Å². The molecule has 0 saturated carbocycles. The first-order valence-corrected chi connectivity index (χ1v) is 6.35. The van der Waals surface area contributed by atoms with Crippen LogP contribution in [0.4, 0.5) is 0 Å². The number of hydrogen-bond donors (Lipinski definition) is 1. The standard InChI is InChI=1S/C13H17N5/c1-10-14-6-5-12(16-10)13-3-2-8-18(13)9-11-4-7-15-17-11/h4-7,13H,2-3,8-9H2,1H3,(H,15,17)/t13-/m1/s1. The van der Waals surface area contributed by atoms with Crippen molar-refractivity contribution in [2.24, 2.45) is 0 Å². The molecule has 0 amide bonds. The molecule has 94 valence electrons. The Balaban J connectivity index is 1.79. The molecule has 1 aliphatic heterocycles. The van der Waals surface area contributed by atoms with Gasteiger partial charge in [-0.15, -0.1) is 0 Å². The van der Waals surface area contributed by atoms with Gasteiger partial charge < -0.3 is 0 Å². The van der Waals surface area contributed by atoms with Crippen LogP contribution < -0.4 is 0 Å². The fourth-order valence-electron chi connectivity index (χ4n) is 2.60. The van der Waals surface area contributed by atoms with Crippen LogP contribution in [0.25, 0.3) is 0 Å². The molecule has 2 aromatic heterocycles. The summed E-state index contributed by atoms with van der Waals surface area (Å²) >= 11 is 0. The molecule has 2 aromatic rings. The molecular formula is C13H17N5. The SMILES string of the molecule is Cc1nccc([C@H]2CCCN2Cc2ccn[nH]2)n1. The van der Waals surface area contributed by atoms with E-state index in [1.807, 2.05) is 25.3 Å². The summed E-state index contributed by atoms with van der Waals surface area (Å²) in [6.45, 7) is 3.97. The van der Waals surface area contributed by atoms with Gasteiger partial charge in [0, 0.05) is 24.6 Å². The molecule has 0 unspecified atom stereocenters. The first-order valence-electron chi connectivity index (χ1n) is 6.35. The summed E-state index contributed by atoms with van der Waals surface area (Å²) in [5.74, 6) is 0.848. The maximum atomic E-state index is 4.56. The fraction of sp³-hybridized carbons (Fsp3) is 0.462. The van der Waals surface area contributed by atoms with Gasteiger partial charge in [0.15, 0.2) is 0 Å². The first kappa shape index (κ1) is 11.3. The van der Waals surface area contributed by atoms with Crippen molar-refractivity contribution in [2.75, 3.05) is 6.54 Å². The quantitative estimate of drug-likeness (QED) is 0.893. The Morgan fingerprint density at radius 1 is 1.39 bits per heavy atom. The van der Waals surface area contributed by atoms with Gasteiger partial charge in [0.05, 0.1) is 11.7 Å². The van der Waals surface area contributed by atoms with E-state index in [1.54, 1.807) is 6.20 Å². The molecule has 0 aliphatic carbocycles. The minimum atomic E-state index is 0.412. The van der Waals surface area contributed by atoms with Gasteiger partial charge in [-0.1, -0.05) is 0 Å². The Kier molecular flexibility index (Phi) is 3.06. The number of likely N-dealkylation sites (tertiary alicyclic amines) is 1. The van der Waals surface area contributed by atoms with Crippen LogP contribution in [0.1, 0.15) is 36.1 Å². The molecule has 1 saturated heterocycles. The van der Waals surface area contributed by atoms with Gasteiger partial charge in [0.25, 0.3) is 0 Å². The molecule has 18 heavy (non-hydrogen) atoms. The summed E-state index contributed by atoms with van der Waals surface area (Å²) in [5, 5.41) is 7.02. The van der Waals surface area contributed by atoms with E-state index in [0.717, 1.165) is 30.3 Å². The van der Waals surface area contributed by atoms with E-state index >= 15 is 0 Å². The van der Waals surface area contributed by atoms with Crippen LogP contribution >= 0.6 is 0 Å². The van der Waals surface area contributed by atoms with Crippen molar-refractivity contribution in [1.82, 2.24) is 25.1 Å². The third-order valence-corrected chi connectivity index (χ3v) is 3.43. The van der Waals surface area contributed by atoms with E-state index in [1.165, 1.54) is 12.8 Å². The minimum absolute atomic E-state index is 0.412. The van der Waals surface area contributed by atoms with Gasteiger partial charge in [0.1, 0.15) is 5.82 Å². The molecule has 5 nitrogen and oxygen atoms in total. The minimum Gasteiger partial charge on any atom is -0.289 e. The Bertz CT molecular complexity index is 508. The molecule has 0 aromatic carbocycles.